The van der Waals surface area contributed by atoms with Crippen molar-refractivity contribution in [3.63, 3.8) is 0 Å². The molecule has 1 amide bonds. The van der Waals surface area contributed by atoms with Crippen molar-refractivity contribution >= 4 is 22.7 Å². The van der Waals surface area contributed by atoms with Gasteiger partial charge < -0.3 is 14.3 Å². The Bertz CT molecular complexity index is 963. The molecule has 25 heavy (non-hydrogen) atoms. The smallest absolute Gasteiger partial charge is 0.412 e. The highest BCUT2D eigenvalue weighted by molar-refractivity contribution is 5.89. The summed E-state index contributed by atoms with van der Waals surface area (Å²) in [5.41, 5.74) is 0.984. The van der Waals surface area contributed by atoms with Gasteiger partial charge in [0.1, 0.15) is 23.6 Å². The fourth-order valence-corrected chi connectivity index (χ4v) is 2.53. The van der Waals surface area contributed by atoms with E-state index in [4.69, 9.17) is 9.15 Å². The van der Waals surface area contributed by atoms with Gasteiger partial charge in [-0.1, -0.05) is 37.3 Å². The highest BCUT2D eigenvalue weighted by Gasteiger charge is 2.13. The van der Waals surface area contributed by atoms with Crippen LogP contribution in [0.2, 0.25) is 0 Å². The molecular formula is C19H17NO5. The van der Waals surface area contributed by atoms with Gasteiger partial charge in [-0.05, 0) is 30.2 Å². The van der Waals surface area contributed by atoms with Gasteiger partial charge in [0.2, 0.25) is 0 Å². The number of ether oxygens (including phenoxy) is 1. The van der Waals surface area contributed by atoms with Gasteiger partial charge in [-0.2, -0.15) is 0 Å². The lowest BCUT2D eigenvalue weighted by Crippen LogP contribution is -2.18. The third-order valence-corrected chi connectivity index (χ3v) is 3.78. The topological polar surface area (TPSA) is 88.8 Å². The summed E-state index contributed by atoms with van der Waals surface area (Å²) in [6.07, 6.45) is -0.233. The van der Waals surface area contributed by atoms with Crippen molar-refractivity contribution in [3.05, 3.63) is 70.1 Å². The Hall–Kier alpha value is -3.28. The summed E-state index contributed by atoms with van der Waals surface area (Å²) in [5.74, 6) is 0.0705. The largest absolute Gasteiger partial charge is 0.508 e. The van der Waals surface area contributed by atoms with Crippen molar-refractivity contribution in [2.45, 2.75) is 20.0 Å². The van der Waals surface area contributed by atoms with Crippen LogP contribution in [0.3, 0.4) is 0 Å². The third-order valence-electron chi connectivity index (χ3n) is 3.78. The van der Waals surface area contributed by atoms with Gasteiger partial charge >= 0.3 is 11.7 Å². The second kappa shape index (κ2) is 7.09. The summed E-state index contributed by atoms with van der Waals surface area (Å²) in [6.45, 7) is 1.95. The minimum Gasteiger partial charge on any atom is -0.508 e. The summed E-state index contributed by atoms with van der Waals surface area (Å²) in [6, 6.07) is 13.9. The Labute approximate surface area is 143 Å². The third kappa shape index (κ3) is 3.63. The molecule has 0 atom stereocenters. The number of nitrogens with one attached hydrogen (secondary N) is 1. The average Bonchev–Trinajstić information content (AvgIpc) is 2.62. The van der Waals surface area contributed by atoms with Gasteiger partial charge in [-0.3, -0.25) is 5.32 Å². The van der Waals surface area contributed by atoms with E-state index in [-0.39, 0.29) is 18.0 Å². The monoisotopic (exact) mass is 339 g/mol. The van der Waals surface area contributed by atoms with Gasteiger partial charge in [0.25, 0.3) is 0 Å². The van der Waals surface area contributed by atoms with Crippen LogP contribution in [0.15, 0.2) is 57.7 Å². The van der Waals surface area contributed by atoms with Gasteiger partial charge in [-0.25, -0.2) is 9.59 Å². The molecule has 3 aromatic rings. The van der Waals surface area contributed by atoms with E-state index in [1.165, 1.54) is 12.1 Å². The van der Waals surface area contributed by atoms with Gasteiger partial charge in [0.15, 0.2) is 0 Å². The predicted octanol–water partition coefficient (Wildman–Crippen LogP) is 3.81. The molecule has 0 fully saturated rings. The lowest BCUT2D eigenvalue weighted by Gasteiger charge is -2.09. The molecule has 0 saturated heterocycles. The molecule has 0 aliphatic heterocycles. The molecule has 1 heterocycles. The Kier molecular flexibility index (Phi) is 4.70. The molecule has 0 spiro atoms. The standard InChI is InChI=1S/C19H17NO5/c1-2-14-16(21)9-8-13-10-15(18(22)25-17(13)14)20-19(23)24-11-12-6-4-3-5-7-12/h3-10,21H,2,11H2,1H3,(H,20,23). The van der Waals surface area contributed by atoms with Crippen LogP contribution in [0.4, 0.5) is 10.5 Å². The van der Waals surface area contributed by atoms with Crippen LogP contribution in [0.25, 0.3) is 11.0 Å². The van der Waals surface area contributed by atoms with Crippen molar-refractivity contribution in [3.8, 4) is 5.75 Å². The van der Waals surface area contributed by atoms with Crippen molar-refractivity contribution in [2.24, 2.45) is 0 Å². The number of rotatable bonds is 4. The summed E-state index contributed by atoms with van der Waals surface area (Å²) >= 11 is 0. The summed E-state index contributed by atoms with van der Waals surface area (Å²) in [5, 5.41) is 12.8. The quantitative estimate of drug-likeness (QED) is 0.706. The van der Waals surface area contributed by atoms with Crippen molar-refractivity contribution in [1.82, 2.24) is 0 Å². The molecule has 1 aromatic heterocycles. The second-order valence-corrected chi connectivity index (χ2v) is 5.47. The number of carbonyl (C=O) groups excluding carboxylic acids is 1. The van der Waals surface area contributed by atoms with Crippen LogP contribution in [0.1, 0.15) is 18.1 Å². The highest BCUT2D eigenvalue weighted by Crippen LogP contribution is 2.27. The first-order chi connectivity index (χ1) is 12.1. The Morgan fingerprint density at radius 1 is 1.20 bits per heavy atom. The van der Waals surface area contributed by atoms with Crippen molar-refractivity contribution in [1.29, 1.82) is 0 Å². The van der Waals surface area contributed by atoms with E-state index in [0.717, 1.165) is 5.56 Å². The number of carbonyl (C=O) groups is 1. The van der Waals surface area contributed by atoms with E-state index >= 15 is 0 Å². The molecule has 128 valence electrons. The first-order valence-electron chi connectivity index (χ1n) is 7.85. The minimum atomic E-state index is -0.745. The van der Waals surface area contributed by atoms with Gasteiger partial charge in [0.05, 0.1) is 0 Å². The van der Waals surface area contributed by atoms with E-state index < -0.39 is 11.7 Å². The predicted molar refractivity (Wildman–Crippen MR) is 93.8 cm³/mol. The Morgan fingerprint density at radius 2 is 1.96 bits per heavy atom. The molecule has 0 aliphatic rings. The zero-order chi connectivity index (χ0) is 17.8. The molecule has 6 heteroatoms. The number of aryl methyl sites for hydroxylation is 1. The SMILES string of the molecule is CCc1c(O)ccc2cc(NC(=O)OCc3ccccc3)c(=O)oc12. The lowest BCUT2D eigenvalue weighted by molar-refractivity contribution is 0.155. The Morgan fingerprint density at radius 3 is 2.68 bits per heavy atom. The van der Waals surface area contributed by atoms with Crippen molar-refractivity contribution < 1.29 is 19.1 Å². The maximum atomic E-state index is 12.1. The van der Waals surface area contributed by atoms with Crippen LogP contribution in [-0.4, -0.2) is 11.2 Å². The maximum Gasteiger partial charge on any atom is 0.412 e. The molecule has 0 bridgehead atoms. The zero-order valence-electron chi connectivity index (χ0n) is 13.6. The fourth-order valence-electron chi connectivity index (χ4n) is 2.53. The van der Waals surface area contributed by atoms with E-state index in [0.29, 0.717) is 23.0 Å². The first kappa shape index (κ1) is 16.6. The highest BCUT2D eigenvalue weighted by atomic mass is 16.5. The molecule has 0 unspecified atom stereocenters. The number of benzene rings is 2. The number of hydrogen-bond acceptors (Lipinski definition) is 5. The number of phenols is 1. The maximum absolute atomic E-state index is 12.1. The van der Waals surface area contributed by atoms with Crippen molar-refractivity contribution in [2.75, 3.05) is 5.32 Å². The summed E-state index contributed by atoms with van der Waals surface area (Å²) in [7, 11) is 0. The van der Waals surface area contributed by atoms with E-state index in [9.17, 15) is 14.7 Å². The molecule has 0 saturated carbocycles. The molecule has 0 radical (unpaired) electrons. The normalized spacial score (nSPS) is 10.6. The van der Waals surface area contributed by atoms with Crippen LogP contribution in [0.5, 0.6) is 5.75 Å². The van der Waals surface area contributed by atoms with Crippen LogP contribution >= 0.6 is 0 Å². The first-order valence-corrected chi connectivity index (χ1v) is 7.85. The van der Waals surface area contributed by atoms with E-state index in [1.807, 2.05) is 37.3 Å². The molecule has 6 nitrogen and oxygen atoms in total. The molecule has 2 aromatic carbocycles. The second-order valence-electron chi connectivity index (χ2n) is 5.47. The number of phenolic OH excluding ortho intramolecular Hbond substituents is 1. The van der Waals surface area contributed by atoms with E-state index in [2.05, 4.69) is 5.32 Å². The van der Waals surface area contributed by atoms with Gasteiger partial charge in [-0.15, -0.1) is 0 Å². The molecular weight excluding hydrogens is 322 g/mol. The van der Waals surface area contributed by atoms with E-state index in [1.54, 1.807) is 6.07 Å². The number of amides is 1. The average molecular weight is 339 g/mol. The summed E-state index contributed by atoms with van der Waals surface area (Å²) < 4.78 is 10.4. The fraction of sp³-hybridized carbons (Fsp3) is 0.158. The zero-order valence-corrected chi connectivity index (χ0v) is 13.6. The Balaban J connectivity index is 1.79. The van der Waals surface area contributed by atoms with Gasteiger partial charge in [0, 0.05) is 10.9 Å². The molecule has 3 rings (SSSR count). The minimum absolute atomic E-state index is 0.0155. The lowest BCUT2D eigenvalue weighted by atomic mass is 10.1. The number of fused-ring (bicyclic) bond motifs is 1. The number of aromatic hydroxyl groups is 1. The van der Waals surface area contributed by atoms with Crippen LogP contribution in [-0.2, 0) is 17.8 Å². The van der Waals surface area contributed by atoms with Crippen LogP contribution < -0.4 is 10.9 Å². The number of hydrogen-bond donors (Lipinski definition) is 2. The molecule has 2 N–H and O–H groups in total. The number of anilines is 1. The molecule has 0 aliphatic carbocycles. The van der Waals surface area contributed by atoms with Crippen LogP contribution in [0, 0.1) is 0 Å². The summed E-state index contributed by atoms with van der Waals surface area (Å²) in [4.78, 5) is 24.0.